The van der Waals surface area contributed by atoms with E-state index >= 15 is 0 Å². The first-order valence-corrected chi connectivity index (χ1v) is 7.94. The molecule has 0 spiro atoms. The largest absolute Gasteiger partial charge is 0.347 e. The predicted octanol–water partition coefficient (Wildman–Crippen LogP) is 3.52. The normalized spacial score (nSPS) is 10.9. The molecule has 0 unspecified atom stereocenters. The molecule has 0 atom stereocenters. The van der Waals surface area contributed by atoms with Gasteiger partial charge < -0.3 is 0 Å². The van der Waals surface area contributed by atoms with Crippen molar-refractivity contribution in [2.45, 2.75) is 65.3 Å². The highest BCUT2D eigenvalue weighted by atomic mass is 32.1. The van der Waals surface area contributed by atoms with Crippen LogP contribution in [0, 0.1) is 13.8 Å². The number of hydrogen-bond acceptors (Lipinski definition) is 3. The molecule has 4 heteroatoms. The molecule has 0 amide bonds. The van der Waals surface area contributed by atoms with Crippen molar-refractivity contribution < 1.29 is 0 Å². The lowest BCUT2D eigenvalue weighted by Crippen LogP contribution is -2.25. The zero-order valence-electron chi connectivity index (χ0n) is 12.2. The molecule has 1 aromatic rings. The van der Waals surface area contributed by atoms with Crippen LogP contribution in [0.2, 0.25) is 0 Å². The van der Waals surface area contributed by atoms with Gasteiger partial charge in [-0.3, -0.25) is 4.57 Å². The molecule has 0 aliphatic carbocycles. The first-order chi connectivity index (χ1) is 9.15. The minimum atomic E-state index is -0.105. The van der Waals surface area contributed by atoms with Gasteiger partial charge in [0.15, 0.2) is 0 Å². The SMILES string of the molecule is Cc1cc(C)n(CCCCCCCCCS)c(=O)n1. The van der Waals surface area contributed by atoms with E-state index in [9.17, 15) is 4.79 Å². The highest BCUT2D eigenvalue weighted by molar-refractivity contribution is 7.80. The molecule has 0 N–H and O–H groups in total. The Morgan fingerprint density at radius 3 is 2.21 bits per heavy atom. The summed E-state index contributed by atoms with van der Waals surface area (Å²) in [4.78, 5) is 15.7. The molecular weight excluding hydrogens is 256 g/mol. The standard InChI is InChI=1S/C15H26N2OS/c1-13-12-14(2)17(15(18)16-13)10-8-6-4-3-5-7-9-11-19/h12,19H,3-11H2,1-2H3. The molecule has 0 aliphatic rings. The molecule has 1 aromatic heterocycles. The van der Waals surface area contributed by atoms with Gasteiger partial charge >= 0.3 is 5.69 Å². The van der Waals surface area contributed by atoms with E-state index in [2.05, 4.69) is 17.6 Å². The minimum absolute atomic E-state index is 0.105. The van der Waals surface area contributed by atoms with E-state index in [1.807, 2.05) is 19.9 Å². The van der Waals surface area contributed by atoms with Gasteiger partial charge in [0, 0.05) is 17.9 Å². The maximum absolute atomic E-state index is 11.7. The van der Waals surface area contributed by atoms with E-state index in [0.29, 0.717) is 0 Å². The number of unbranched alkanes of at least 4 members (excludes halogenated alkanes) is 6. The quantitative estimate of drug-likeness (QED) is 0.555. The minimum Gasteiger partial charge on any atom is -0.297 e. The Balaban J connectivity index is 2.21. The second-order valence-electron chi connectivity index (χ2n) is 5.17. The number of thiol groups is 1. The third-order valence-electron chi connectivity index (χ3n) is 3.39. The van der Waals surface area contributed by atoms with Crippen LogP contribution in [0.5, 0.6) is 0 Å². The third kappa shape index (κ3) is 6.28. The Hall–Kier alpha value is -0.770. The monoisotopic (exact) mass is 282 g/mol. The van der Waals surface area contributed by atoms with Crippen LogP contribution in [0.4, 0.5) is 0 Å². The number of aromatic nitrogens is 2. The van der Waals surface area contributed by atoms with Crippen LogP contribution in [0.1, 0.15) is 56.3 Å². The van der Waals surface area contributed by atoms with Crippen molar-refractivity contribution in [3.05, 3.63) is 27.9 Å². The molecule has 108 valence electrons. The van der Waals surface area contributed by atoms with Crippen LogP contribution < -0.4 is 5.69 Å². The topological polar surface area (TPSA) is 34.9 Å². The van der Waals surface area contributed by atoms with E-state index in [1.54, 1.807) is 4.57 Å². The van der Waals surface area contributed by atoms with Gasteiger partial charge in [0.1, 0.15) is 0 Å². The molecule has 0 bridgehead atoms. The lowest BCUT2D eigenvalue weighted by molar-refractivity contribution is 0.530. The Labute approximate surface area is 121 Å². The average Bonchev–Trinajstić information content (AvgIpc) is 2.35. The van der Waals surface area contributed by atoms with Gasteiger partial charge in [-0.25, -0.2) is 4.79 Å². The first kappa shape index (κ1) is 16.3. The third-order valence-corrected chi connectivity index (χ3v) is 3.70. The van der Waals surface area contributed by atoms with E-state index < -0.39 is 0 Å². The van der Waals surface area contributed by atoms with Crippen molar-refractivity contribution in [2.75, 3.05) is 5.75 Å². The zero-order valence-corrected chi connectivity index (χ0v) is 13.1. The molecule has 0 saturated carbocycles. The summed E-state index contributed by atoms with van der Waals surface area (Å²) in [5.74, 6) is 1.00. The lowest BCUT2D eigenvalue weighted by atomic mass is 10.1. The maximum atomic E-state index is 11.7. The summed E-state index contributed by atoms with van der Waals surface area (Å²) in [5.41, 5.74) is 1.72. The van der Waals surface area contributed by atoms with Gasteiger partial charge in [-0.05, 0) is 38.5 Å². The summed E-state index contributed by atoms with van der Waals surface area (Å²) < 4.78 is 1.79. The Morgan fingerprint density at radius 2 is 1.63 bits per heavy atom. The summed E-state index contributed by atoms with van der Waals surface area (Å²) >= 11 is 4.21. The van der Waals surface area contributed by atoms with Gasteiger partial charge in [0.25, 0.3) is 0 Å². The van der Waals surface area contributed by atoms with Crippen molar-refractivity contribution in [3.8, 4) is 0 Å². The highest BCUT2D eigenvalue weighted by Crippen LogP contribution is 2.08. The number of nitrogens with zero attached hydrogens (tertiary/aromatic N) is 2. The smallest absolute Gasteiger partial charge is 0.297 e. The maximum Gasteiger partial charge on any atom is 0.347 e. The van der Waals surface area contributed by atoms with E-state index in [-0.39, 0.29) is 5.69 Å². The van der Waals surface area contributed by atoms with E-state index in [4.69, 9.17) is 0 Å². The van der Waals surface area contributed by atoms with Gasteiger partial charge in [0.05, 0.1) is 0 Å². The molecule has 0 radical (unpaired) electrons. The fourth-order valence-electron chi connectivity index (χ4n) is 2.31. The Bertz CT molecular complexity index is 429. The Morgan fingerprint density at radius 1 is 1.05 bits per heavy atom. The van der Waals surface area contributed by atoms with Gasteiger partial charge in [-0.15, -0.1) is 0 Å². The fourth-order valence-corrected chi connectivity index (χ4v) is 2.54. The second-order valence-corrected chi connectivity index (χ2v) is 5.62. The summed E-state index contributed by atoms with van der Waals surface area (Å²) in [6, 6.07) is 1.97. The summed E-state index contributed by atoms with van der Waals surface area (Å²) in [7, 11) is 0. The molecule has 0 fully saturated rings. The molecule has 3 nitrogen and oxygen atoms in total. The molecular formula is C15H26N2OS. The fraction of sp³-hybridized carbons (Fsp3) is 0.733. The first-order valence-electron chi connectivity index (χ1n) is 7.31. The van der Waals surface area contributed by atoms with Gasteiger partial charge in [-0.1, -0.05) is 32.1 Å². The number of rotatable bonds is 9. The van der Waals surface area contributed by atoms with Crippen LogP contribution in [-0.4, -0.2) is 15.3 Å². The zero-order chi connectivity index (χ0) is 14.1. The average molecular weight is 282 g/mol. The van der Waals surface area contributed by atoms with Crippen LogP contribution in [0.25, 0.3) is 0 Å². The second kappa shape index (κ2) is 9.18. The predicted molar refractivity (Wildman–Crippen MR) is 84.1 cm³/mol. The van der Waals surface area contributed by atoms with Crippen molar-refractivity contribution >= 4 is 12.6 Å². The van der Waals surface area contributed by atoms with Crippen molar-refractivity contribution in [1.29, 1.82) is 0 Å². The van der Waals surface area contributed by atoms with Crippen LogP contribution >= 0.6 is 12.6 Å². The van der Waals surface area contributed by atoms with Crippen molar-refractivity contribution in [1.82, 2.24) is 9.55 Å². The van der Waals surface area contributed by atoms with Crippen LogP contribution in [0.3, 0.4) is 0 Å². The van der Waals surface area contributed by atoms with Gasteiger partial charge in [-0.2, -0.15) is 17.6 Å². The summed E-state index contributed by atoms with van der Waals surface area (Å²) in [6.07, 6.45) is 8.66. The highest BCUT2D eigenvalue weighted by Gasteiger charge is 2.02. The Kier molecular flexibility index (Phi) is 7.87. The molecule has 1 heterocycles. The molecule has 0 aliphatic heterocycles. The molecule has 19 heavy (non-hydrogen) atoms. The lowest BCUT2D eigenvalue weighted by Gasteiger charge is -2.09. The van der Waals surface area contributed by atoms with Crippen LogP contribution in [0.15, 0.2) is 10.9 Å². The summed E-state index contributed by atoms with van der Waals surface area (Å²) in [6.45, 7) is 4.64. The molecule has 0 saturated heterocycles. The van der Waals surface area contributed by atoms with Crippen molar-refractivity contribution in [2.24, 2.45) is 0 Å². The summed E-state index contributed by atoms with van der Waals surface area (Å²) in [5, 5.41) is 0. The molecule has 1 rings (SSSR count). The number of aryl methyl sites for hydroxylation is 2. The molecule has 0 aromatic carbocycles. The van der Waals surface area contributed by atoms with E-state index in [0.717, 1.165) is 30.1 Å². The van der Waals surface area contributed by atoms with Crippen LogP contribution in [-0.2, 0) is 6.54 Å². The van der Waals surface area contributed by atoms with Crippen molar-refractivity contribution in [3.63, 3.8) is 0 Å². The van der Waals surface area contributed by atoms with E-state index in [1.165, 1.54) is 38.5 Å². The number of hydrogen-bond donors (Lipinski definition) is 1. The van der Waals surface area contributed by atoms with Gasteiger partial charge in [0.2, 0.25) is 0 Å².